The van der Waals surface area contributed by atoms with Crippen molar-refractivity contribution in [3.8, 4) is 0 Å². The number of hydrogen-bond donors (Lipinski definition) is 5. The highest BCUT2D eigenvalue weighted by Gasteiger charge is 2.47. The number of amides is 6. The van der Waals surface area contributed by atoms with Gasteiger partial charge < -0.3 is 15.5 Å². The molecule has 1 unspecified atom stereocenters. The standard InChI is InChI=1S/C26H29ClN4O4S.C3H4N2O2/c1-31(2)22-13-7-12-21-20(22)11-8-14-23(21)36(34,35)28-16-5-3-4-15-26(24(32)29-25(33)30-26)18-9-6-10-19(27)17-18;6-2-1-4-3(7)5-2/h6-14,17,28H,3-5,15-16H2,1-2H3,(H2,29,30,32,33);1H2,(H2,4,5,6,7). The predicted octanol–water partition coefficient (Wildman–Crippen LogP) is 2.96. The molecule has 12 nitrogen and oxygen atoms in total. The van der Waals surface area contributed by atoms with Crippen LogP contribution in [-0.4, -0.2) is 59.5 Å². The minimum Gasteiger partial charge on any atom is -0.377 e. The van der Waals surface area contributed by atoms with Gasteiger partial charge in [-0.25, -0.2) is 22.7 Å². The molecule has 2 saturated heterocycles. The van der Waals surface area contributed by atoms with Crippen LogP contribution in [0.4, 0.5) is 15.3 Å². The summed E-state index contributed by atoms with van der Waals surface area (Å²) in [7, 11) is 0.132. The molecule has 2 heterocycles. The maximum atomic E-state index is 13.1. The summed E-state index contributed by atoms with van der Waals surface area (Å²) in [6.07, 6.45) is 2.21. The summed E-state index contributed by atoms with van der Waals surface area (Å²) in [5.41, 5.74) is 0.377. The van der Waals surface area contributed by atoms with Crippen molar-refractivity contribution in [1.29, 1.82) is 0 Å². The number of hydrogen-bond acceptors (Lipinski definition) is 7. The Hall–Kier alpha value is -4.20. The Balaban J connectivity index is 0.000000530. The molecule has 5 N–H and O–H groups in total. The highest BCUT2D eigenvalue weighted by atomic mass is 35.5. The molecule has 0 aliphatic carbocycles. The number of urea groups is 2. The number of anilines is 1. The molecule has 228 valence electrons. The van der Waals surface area contributed by atoms with Gasteiger partial charge in [-0.15, -0.1) is 0 Å². The Bertz CT molecular complexity index is 1650. The van der Waals surface area contributed by atoms with Crippen molar-refractivity contribution < 1.29 is 27.6 Å². The van der Waals surface area contributed by atoms with Crippen molar-refractivity contribution in [1.82, 2.24) is 26.0 Å². The van der Waals surface area contributed by atoms with Crippen molar-refractivity contribution in [2.45, 2.75) is 36.1 Å². The summed E-state index contributed by atoms with van der Waals surface area (Å²) < 4.78 is 28.9. The normalized spacial score (nSPS) is 17.9. The third-order valence-corrected chi connectivity index (χ3v) is 8.83. The van der Waals surface area contributed by atoms with E-state index in [0.717, 1.165) is 11.1 Å². The maximum Gasteiger partial charge on any atom is 0.322 e. The highest BCUT2D eigenvalue weighted by molar-refractivity contribution is 7.89. The zero-order chi connectivity index (χ0) is 31.2. The first-order chi connectivity index (χ1) is 20.4. The molecule has 43 heavy (non-hydrogen) atoms. The molecule has 1 atom stereocenters. The molecule has 5 rings (SSSR count). The average Bonchev–Trinajstić information content (AvgIpc) is 3.49. The van der Waals surface area contributed by atoms with E-state index < -0.39 is 33.5 Å². The quantitative estimate of drug-likeness (QED) is 0.170. The van der Waals surface area contributed by atoms with Crippen LogP contribution in [0.25, 0.3) is 10.8 Å². The van der Waals surface area contributed by atoms with Crippen LogP contribution in [0.2, 0.25) is 5.02 Å². The van der Waals surface area contributed by atoms with Gasteiger partial charge in [0.2, 0.25) is 15.9 Å². The molecule has 2 aliphatic heterocycles. The maximum absolute atomic E-state index is 13.1. The summed E-state index contributed by atoms with van der Waals surface area (Å²) in [6, 6.07) is 16.8. The molecule has 3 aromatic rings. The van der Waals surface area contributed by atoms with E-state index in [4.69, 9.17) is 11.6 Å². The van der Waals surface area contributed by atoms with E-state index in [1.807, 2.05) is 48.6 Å². The number of benzene rings is 3. The number of unbranched alkanes of at least 4 members (excludes halogenated alkanes) is 2. The van der Waals surface area contributed by atoms with Gasteiger partial charge in [-0.3, -0.25) is 20.2 Å². The van der Waals surface area contributed by atoms with E-state index in [1.54, 1.807) is 36.4 Å². The van der Waals surface area contributed by atoms with E-state index in [1.165, 1.54) is 0 Å². The third-order valence-electron chi connectivity index (χ3n) is 7.07. The topological polar surface area (TPSA) is 166 Å². The Morgan fingerprint density at radius 3 is 2.21 bits per heavy atom. The van der Waals surface area contributed by atoms with Crippen LogP contribution in [0, 0.1) is 0 Å². The first-order valence-electron chi connectivity index (χ1n) is 13.6. The van der Waals surface area contributed by atoms with Crippen molar-refractivity contribution in [2.75, 3.05) is 32.1 Å². The Kier molecular flexibility index (Phi) is 9.89. The smallest absolute Gasteiger partial charge is 0.322 e. The first kappa shape index (κ1) is 31.7. The van der Waals surface area contributed by atoms with Gasteiger partial charge in [-0.1, -0.05) is 60.8 Å². The van der Waals surface area contributed by atoms with Gasteiger partial charge in [-0.05, 0) is 42.7 Å². The Labute approximate surface area is 254 Å². The van der Waals surface area contributed by atoms with Gasteiger partial charge in [0.05, 0.1) is 11.4 Å². The van der Waals surface area contributed by atoms with Crippen LogP contribution < -0.4 is 30.9 Å². The fourth-order valence-corrected chi connectivity index (χ4v) is 6.49. The van der Waals surface area contributed by atoms with E-state index in [0.29, 0.717) is 41.7 Å². The number of rotatable bonds is 10. The van der Waals surface area contributed by atoms with Gasteiger partial charge in [0.15, 0.2) is 0 Å². The molecule has 14 heteroatoms. The van der Waals surface area contributed by atoms with Gasteiger partial charge in [-0.2, -0.15) is 0 Å². The van der Waals surface area contributed by atoms with Crippen molar-refractivity contribution in [3.63, 3.8) is 0 Å². The first-order valence-corrected chi connectivity index (χ1v) is 15.4. The molecule has 3 aromatic carbocycles. The summed E-state index contributed by atoms with van der Waals surface area (Å²) in [5, 5.41) is 11.4. The number of imide groups is 2. The molecule has 0 saturated carbocycles. The fraction of sp³-hybridized carbons (Fsp3) is 0.310. The van der Waals surface area contributed by atoms with E-state index in [9.17, 15) is 27.6 Å². The van der Waals surface area contributed by atoms with Crippen LogP contribution >= 0.6 is 11.6 Å². The van der Waals surface area contributed by atoms with Crippen LogP contribution in [-0.2, 0) is 25.2 Å². The molecular weight excluding hydrogens is 596 g/mol. The fourth-order valence-electron chi connectivity index (χ4n) is 5.01. The van der Waals surface area contributed by atoms with Gasteiger partial charge in [0.25, 0.3) is 5.91 Å². The molecule has 2 aliphatic rings. The second-order valence-electron chi connectivity index (χ2n) is 10.3. The minimum absolute atomic E-state index is 0.124. The molecule has 0 spiro atoms. The van der Waals surface area contributed by atoms with Crippen LogP contribution in [0.5, 0.6) is 0 Å². The number of carbonyl (C=O) groups is 4. The number of halogens is 1. The van der Waals surface area contributed by atoms with E-state index in [-0.39, 0.29) is 23.9 Å². The van der Waals surface area contributed by atoms with Gasteiger partial charge in [0, 0.05) is 42.1 Å². The lowest BCUT2D eigenvalue weighted by molar-refractivity contribution is -0.124. The SMILES string of the molecule is CN(C)c1cccc2c(S(=O)(=O)NCCCCCC3(c4cccc(Cl)c4)NC(=O)NC3=O)cccc12.O=C1CNC(=O)N1. The Morgan fingerprint density at radius 2 is 1.60 bits per heavy atom. The predicted molar refractivity (Wildman–Crippen MR) is 163 cm³/mol. The number of nitrogens with zero attached hydrogens (tertiary/aromatic N) is 1. The van der Waals surface area contributed by atoms with Crippen LogP contribution in [0.3, 0.4) is 0 Å². The van der Waals surface area contributed by atoms with Gasteiger partial charge >= 0.3 is 12.1 Å². The van der Waals surface area contributed by atoms with Crippen LogP contribution in [0.15, 0.2) is 65.6 Å². The summed E-state index contributed by atoms with van der Waals surface area (Å²) in [4.78, 5) is 46.8. The lowest BCUT2D eigenvalue weighted by Crippen LogP contribution is -2.43. The minimum atomic E-state index is -3.71. The van der Waals surface area contributed by atoms with E-state index >= 15 is 0 Å². The molecular formula is C29H33ClN6O6S. The monoisotopic (exact) mass is 628 g/mol. The van der Waals surface area contributed by atoms with Crippen molar-refractivity contribution >= 4 is 62.0 Å². The van der Waals surface area contributed by atoms with Crippen molar-refractivity contribution in [2.24, 2.45) is 0 Å². The number of sulfonamides is 1. The molecule has 2 fully saturated rings. The number of nitrogens with one attached hydrogen (secondary N) is 5. The van der Waals surface area contributed by atoms with Crippen molar-refractivity contribution in [3.05, 3.63) is 71.2 Å². The zero-order valence-electron chi connectivity index (χ0n) is 23.7. The molecule has 0 aromatic heterocycles. The highest BCUT2D eigenvalue weighted by Crippen LogP contribution is 2.33. The summed E-state index contributed by atoms with van der Waals surface area (Å²) in [6.45, 7) is 0.383. The van der Waals surface area contributed by atoms with Gasteiger partial charge in [0.1, 0.15) is 5.54 Å². The molecule has 0 radical (unpaired) electrons. The lowest BCUT2D eigenvalue weighted by atomic mass is 9.85. The molecule has 6 amide bonds. The number of fused-ring (bicyclic) bond motifs is 1. The lowest BCUT2D eigenvalue weighted by Gasteiger charge is -2.26. The second-order valence-corrected chi connectivity index (χ2v) is 12.5. The number of carbonyl (C=O) groups excluding carboxylic acids is 4. The Morgan fingerprint density at radius 1 is 0.884 bits per heavy atom. The van der Waals surface area contributed by atoms with Crippen LogP contribution in [0.1, 0.15) is 31.2 Å². The largest absolute Gasteiger partial charge is 0.377 e. The summed E-state index contributed by atoms with van der Waals surface area (Å²) >= 11 is 6.11. The average molecular weight is 629 g/mol. The third kappa shape index (κ3) is 7.42. The zero-order valence-corrected chi connectivity index (χ0v) is 25.3. The van der Waals surface area contributed by atoms with E-state index in [2.05, 4.69) is 20.7 Å². The second kappa shape index (κ2) is 13.4. The summed E-state index contributed by atoms with van der Waals surface area (Å²) in [5.74, 6) is -0.673. The molecule has 0 bridgehead atoms.